The van der Waals surface area contributed by atoms with Crippen LogP contribution < -0.4 is 15.1 Å². The molecule has 2 N–H and O–H groups in total. The summed E-state index contributed by atoms with van der Waals surface area (Å²) < 4.78 is 1.42. The first-order chi connectivity index (χ1) is 18.4. The minimum Gasteiger partial charge on any atom is -0.356 e. The Morgan fingerprint density at radius 2 is 2.03 bits per heavy atom. The normalized spacial score (nSPS) is 22.5. The molecule has 6 rings (SSSR count). The van der Waals surface area contributed by atoms with Gasteiger partial charge in [-0.1, -0.05) is 0 Å². The number of fused-ring (bicyclic) bond motifs is 2. The summed E-state index contributed by atoms with van der Waals surface area (Å²) in [5.74, 6) is 2.04. The second-order valence-electron chi connectivity index (χ2n) is 9.89. The molecule has 3 aliphatic rings. The zero-order valence-electron chi connectivity index (χ0n) is 20.9. The predicted octanol–water partition coefficient (Wildman–Crippen LogP) is 1.08. The molecule has 1 aliphatic carbocycles. The number of nitrogens with zero attached hydrogens (tertiary/aromatic N) is 9. The van der Waals surface area contributed by atoms with Crippen LogP contribution in [-0.4, -0.2) is 79.4 Å². The van der Waals surface area contributed by atoms with Gasteiger partial charge >= 0.3 is 0 Å². The van der Waals surface area contributed by atoms with Gasteiger partial charge in [0.05, 0.1) is 30.5 Å². The summed E-state index contributed by atoms with van der Waals surface area (Å²) in [6.45, 7) is 3.43. The van der Waals surface area contributed by atoms with Gasteiger partial charge in [-0.05, 0) is 37.3 Å². The van der Waals surface area contributed by atoms with Crippen molar-refractivity contribution in [2.45, 2.75) is 25.7 Å². The molecule has 13 heteroatoms. The fraction of sp³-hybridized carbons (Fsp3) is 0.400. The van der Waals surface area contributed by atoms with E-state index >= 15 is 0 Å². The van der Waals surface area contributed by atoms with Crippen molar-refractivity contribution in [1.82, 2.24) is 29.4 Å². The van der Waals surface area contributed by atoms with Crippen LogP contribution in [-0.2, 0) is 4.79 Å². The van der Waals surface area contributed by atoms with Crippen LogP contribution in [0.2, 0.25) is 0 Å². The van der Waals surface area contributed by atoms with Gasteiger partial charge in [-0.2, -0.15) is 5.26 Å². The standard InChI is InChI=1S/C25H26N10O3/c1-14(35-13-29-22-21(35)24(37)34(6-5-26)25(38)32(22)2)23(36)31-19-10-27-9-18(30-19)15-3-4-20(28-8-15)33-11-16-7-17(16)12-33/h3-4,8-10,13-14,16-17,25,38H,6-7,11-12H2,1-2H3,(H,30,31,36)/t14-,16?,17?,25?/m0/s1. The largest absolute Gasteiger partial charge is 0.356 e. The molecule has 5 heterocycles. The Bertz CT molecular complexity index is 1440. The molecule has 0 radical (unpaired) electrons. The van der Waals surface area contributed by atoms with Gasteiger partial charge < -0.3 is 24.8 Å². The molecule has 2 aliphatic heterocycles. The molecule has 13 nitrogen and oxygen atoms in total. The Morgan fingerprint density at radius 3 is 2.74 bits per heavy atom. The molecule has 3 unspecified atom stereocenters. The summed E-state index contributed by atoms with van der Waals surface area (Å²) in [7, 11) is 1.55. The molecule has 2 amide bonds. The van der Waals surface area contributed by atoms with E-state index in [0.717, 1.165) is 41.2 Å². The molecule has 1 saturated heterocycles. The number of aliphatic hydroxyl groups is 1. The smallest absolute Gasteiger partial charge is 0.278 e. The van der Waals surface area contributed by atoms with Crippen LogP contribution in [0.1, 0.15) is 29.9 Å². The van der Waals surface area contributed by atoms with Crippen LogP contribution in [0.5, 0.6) is 0 Å². The topological polar surface area (TPSA) is 156 Å². The molecule has 2 fully saturated rings. The molecule has 194 valence electrons. The number of hydrogen-bond acceptors (Lipinski definition) is 10. The number of anilines is 3. The zero-order valence-corrected chi connectivity index (χ0v) is 20.9. The lowest BCUT2D eigenvalue weighted by molar-refractivity contribution is -0.118. The molecule has 0 bridgehead atoms. The van der Waals surface area contributed by atoms with Crippen LogP contribution in [0.15, 0.2) is 37.1 Å². The maximum atomic E-state index is 13.1. The molecular weight excluding hydrogens is 488 g/mol. The SMILES string of the molecule is C[C@@H](C(=O)Nc1cncc(-c2ccc(N3CC4CC4C3)nc2)n1)n1cnc2c1C(=O)N(CC#N)C(O)N2C. The van der Waals surface area contributed by atoms with E-state index in [0.29, 0.717) is 5.69 Å². The quantitative estimate of drug-likeness (QED) is 0.456. The lowest BCUT2D eigenvalue weighted by atomic mass is 10.2. The Hall–Kier alpha value is -4.57. The van der Waals surface area contributed by atoms with E-state index < -0.39 is 24.2 Å². The minimum absolute atomic E-state index is 0.108. The summed E-state index contributed by atoms with van der Waals surface area (Å²) in [6, 6.07) is 4.96. The van der Waals surface area contributed by atoms with Gasteiger partial charge in [0.25, 0.3) is 5.91 Å². The lowest BCUT2D eigenvalue weighted by Crippen LogP contribution is -2.54. The number of carbonyl (C=O) groups is 2. The molecule has 4 atom stereocenters. The van der Waals surface area contributed by atoms with Gasteiger partial charge in [0.1, 0.15) is 18.4 Å². The zero-order chi connectivity index (χ0) is 26.6. The monoisotopic (exact) mass is 514 g/mol. The van der Waals surface area contributed by atoms with Crippen molar-refractivity contribution >= 4 is 29.3 Å². The molecule has 3 aromatic rings. The average Bonchev–Trinajstić information content (AvgIpc) is 3.32. The van der Waals surface area contributed by atoms with E-state index in [9.17, 15) is 14.7 Å². The van der Waals surface area contributed by atoms with E-state index in [1.807, 2.05) is 18.2 Å². The third kappa shape index (κ3) is 3.99. The average molecular weight is 515 g/mol. The minimum atomic E-state index is -1.33. The third-order valence-corrected chi connectivity index (χ3v) is 7.47. The number of pyridine rings is 1. The summed E-state index contributed by atoms with van der Waals surface area (Å²) in [5.41, 5.74) is 1.46. The summed E-state index contributed by atoms with van der Waals surface area (Å²) in [5, 5.41) is 22.2. The van der Waals surface area contributed by atoms with Crippen LogP contribution in [0.3, 0.4) is 0 Å². The van der Waals surface area contributed by atoms with Crippen molar-refractivity contribution in [2.75, 3.05) is 41.8 Å². The number of rotatable bonds is 6. The van der Waals surface area contributed by atoms with Gasteiger partial charge in [0, 0.05) is 31.9 Å². The van der Waals surface area contributed by atoms with E-state index in [-0.39, 0.29) is 23.9 Å². The van der Waals surface area contributed by atoms with Crippen LogP contribution in [0, 0.1) is 23.2 Å². The summed E-state index contributed by atoms with van der Waals surface area (Å²) in [4.78, 5) is 48.4. The predicted molar refractivity (Wildman–Crippen MR) is 136 cm³/mol. The number of carbonyl (C=O) groups excluding carboxylic acids is 2. The molecule has 3 aromatic heterocycles. The highest BCUT2D eigenvalue weighted by Gasteiger charge is 2.45. The first kappa shape index (κ1) is 23.8. The lowest BCUT2D eigenvalue weighted by Gasteiger charge is -2.37. The molecule has 0 spiro atoms. The van der Waals surface area contributed by atoms with Crippen molar-refractivity contribution in [3.8, 4) is 17.3 Å². The van der Waals surface area contributed by atoms with E-state index in [4.69, 9.17) is 5.26 Å². The van der Waals surface area contributed by atoms with E-state index in [2.05, 4.69) is 30.2 Å². The Balaban J connectivity index is 1.18. The number of piperidine rings is 1. The maximum Gasteiger partial charge on any atom is 0.278 e. The fourth-order valence-electron chi connectivity index (χ4n) is 5.13. The van der Waals surface area contributed by atoms with Crippen molar-refractivity contribution in [1.29, 1.82) is 5.26 Å². The van der Waals surface area contributed by atoms with Gasteiger partial charge in [0.15, 0.2) is 17.3 Å². The summed E-state index contributed by atoms with van der Waals surface area (Å²) in [6.07, 6.45) is 6.19. The first-order valence-corrected chi connectivity index (χ1v) is 12.4. The van der Waals surface area contributed by atoms with Crippen molar-refractivity contribution in [3.05, 3.63) is 42.7 Å². The third-order valence-electron chi connectivity index (χ3n) is 7.47. The number of aliphatic hydroxyl groups excluding tert-OH is 1. The van der Waals surface area contributed by atoms with Crippen LogP contribution in [0.4, 0.5) is 17.5 Å². The highest BCUT2D eigenvalue weighted by Crippen LogP contribution is 2.46. The van der Waals surface area contributed by atoms with Crippen molar-refractivity contribution in [3.63, 3.8) is 0 Å². The second-order valence-corrected chi connectivity index (χ2v) is 9.89. The number of aromatic nitrogens is 5. The molecule has 1 saturated carbocycles. The fourth-order valence-corrected chi connectivity index (χ4v) is 5.13. The summed E-state index contributed by atoms with van der Waals surface area (Å²) >= 11 is 0. The van der Waals surface area contributed by atoms with Crippen LogP contribution >= 0.6 is 0 Å². The van der Waals surface area contributed by atoms with Gasteiger partial charge in [-0.25, -0.2) is 15.0 Å². The molecule has 0 aromatic carbocycles. The number of hydrogen-bond donors (Lipinski definition) is 2. The molecular formula is C25H26N10O3. The Labute approximate surface area is 218 Å². The van der Waals surface area contributed by atoms with Gasteiger partial charge in [-0.3, -0.25) is 19.5 Å². The number of nitriles is 1. The van der Waals surface area contributed by atoms with Gasteiger partial charge in [0.2, 0.25) is 12.3 Å². The Kier molecular flexibility index (Phi) is 5.68. The maximum absolute atomic E-state index is 13.1. The van der Waals surface area contributed by atoms with E-state index in [1.165, 1.54) is 28.4 Å². The van der Waals surface area contributed by atoms with Crippen LogP contribution in [0.25, 0.3) is 11.3 Å². The first-order valence-electron chi connectivity index (χ1n) is 12.4. The number of amides is 2. The molecule has 38 heavy (non-hydrogen) atoms. The van der Waals surface area contributed by atoms with Crippen molar-refractivity contribution in [2.24, 2.45) is 11.8 Å². The second kappa shape index (κ2) is 9.07. The number of nitrogens with one attached hydrogen (secondary N) is 1. The number of imidazole rings is 1. The van der Waals surface area contributed by atoms with E-state index in [1.54, 1.807) is 26.4 Å². The Morgan fingerprint density at radius 1 is 1.24 bits per heavy atom. The van der Waals surface area contributed by atoms with Crippen molar-refractivity contribution < 1.29 is 14.7 Å². The highest BCUT2D eigenvalue weighted by molar-refractivity contribution is 6.01. The highest BCUT2D eigenvalue weighted by atomic mass is 16.3. The van der Waals surface area contributed by atoms with Gasteiger partial charge in [-0.15, -0.1) is 0 Å².